The Bertz CT molecular complexity index is 762. The number of ether oxygens (including phenoxy) is 1. The smallest absolute Gasteiger partial charge is 0.261 e. The SMILES string of the molecule is C=CC1=C(/C=C\C)C(=O)N(CCCOc2ccc(N)c(C)c2)C1=O.CC.CCCC. The number of rotatable bonds is 8. The second-order valence-electron chi connectivity index (χ2n) is 6.51. The van der Waals surface area contributed by atoms with Gasteiger partial charge < -0.3 is 10.5 Å². The zero-order valence-corrected chi connectivity index (χ0v) is 19.5. The van der Waals surface area contributed by atoms with Crippen LogP contribution in [0, 0.1) is 6.92 Å². The molecule has 0 unspecified atom stereocenters. The number of benzene rings is 1. The highest BCUT2D eigenvalue weighted by atomic mass is 16.5. The van der Waals surface area contributed by atoms with Gasteiger partial charge in [-0.2, -0.15) is 0 Å². The van der Waals surface area contributed by atoms with Crippen LogP contribution in [0.2, 0.25) is 0 Å². The lowest BCUT2D eigenvalue weighted by Gasteiger charge is -2.15. The minimum Gasteiger partial charge on any atom is -0.494 e. The molecule has 0 bridgehead atoms. The van der Waals surface area contributed by atoms with Gasteiger partial charge in [-0.1, -0.05) is 65.3 Å². The Kier molecular flexibility index (Phi) is 13.7. The molecule has 0 saturated carbocycles. The molecule has 5 nitrogen and oxygen atoms in total. The molecule has 2 rings (SSSR count). The van der Waals surface area contributed by atoms with Crippen molar-refractivity contribution in [3.63, 3.8) is 0 Å². The zero-order valence-electron chi connectivity index (χ0n) is 19.5. The van der Waals surface area contributed by atoms with Crippen LogP contribution in [0.25, 0.3) is 0 Å². The molecule has 0 fully saturated rings. The van der Waals surface area contributed by atoms with Crippen molar-refractivity contribution < 1.29 is 14.3 Å². The predicted molar refractivity (Wildman–Crippen MR) is 126 cm³/mol. The third kappa shape index (κ3) is 7.90. The highest BCUT2D eigenvalue weighted by Gasteiger charge is 2.34. The van der Waals surface area contributed by atoms with E-state index in [1.807, 2.05) is 26.8 Å². The number of aryl methyl sites for hydroxylation is 1. The third-order valence-corrected chi connectivity index (χ3v) is 4.31. The van der Waals surface area contributed by atoms with E-state index >= 15 is 0 Å². The van der Waals surface area contributed by atoms with Crippen molar-refractivity contribution in [3.8, 4) is 5.75 Å². The van der Waals surface area contributed by atoms with Crippen molar-refractivity contribution >= 4 is 17.5 Å². The summed E-state index contributed by atoms with van der Waals surface area (Å²) in [6.45, 7) is 16.4. The Labute approximate surface area is 182 Å². The van der Waals surface area contributed by atoms with Gasteiger partial charge in [-0.05, 0) is 44.0 Å². The molecule has 0 aromatic heterocycles. The Morgan fingerprint density at radius 2 is 1.70 bits per heavy atom. The summed E-state index contributed by atoms with van der Waals surface area (Å²) in [5.41, 5.74) is 8.19. The van der Waals surface area contributed by atoms with Crippen LogP contribution in [0.1, 0.15) is 59.4 Å². The summed E-state index contributed by atoms with van der Waals surface area (Å²) in [5.74, 6) is 0.142. The van der Waals surface area contributed by atoms with Gasteiger partial charge in [0, 0.05) is 12.2 Å². The number of carbonyl (C=O) groups excluding carboxylic acids is 2. The van der Waals surface area contributed by atoms with Crippen LogP contribution < -0.4 is 10.5 Å². The number of allylic oxidation sites excluding steroid dienone is 1. The van der Waals surface area contributed by atoms with E-state index in [1.54, 1.807) is 31.2 Å². The fraction of sp³-hybridized carbons (Fsp3) is 0.440. The summed E-state index contributed by atoms with van der Waals surface area (Å²) in [6.07, 6.45) is 8.00. The molecule has 1 aliphatic rings. The lowest BCUT2D eigenvalue weighted by Crippen LogP contribution is -2.33. The van der Waals surface area contributed by atoms with E-state index in [9.17, 15) is 9.59 Å². The van der Waals surface area contributed by atoms with Gasteiger partial charge in [0.1, 0.15) is 5.75 Å². The second kappa shape index (κ2) is 15.1. The third-order valence-electron chi connectivity index (χ3n) is 4.31. The average Bonchev–Trinajstić information content (AvgIpc) is 2.99. The highest BCUT2D eigenvalue weighted by molar-refractivity contribution is 6.21. The molecular weight excluding hydrogens is 376 g/mol. The molecule has 166 valence electrons. The molecule has 1 aromatic rings. The van der Waals surface area contributed by atoms with Gasteiger partial charge in [0.2, 0.25) is 0 Å². The van der Waals surface area contributed by atoms with E-state index in [1.165, 1.54) is 23.8 Å². The van der Waals surface area contributed by atoms with Gasteiger partial charge in [0.25, 0.3) is 11.8 Å². The molecule has 1 aliphatic heterocycles. The summed E-state index contributed by atoms with van der Waals surface area (Å²) in [4.78, 5) is 25.8. The standard InChI is InChI=1S/C19H22N2O3.C4H10.C2H6/c1-4-7-16-15(5-2)18(22)21(19(16)23)10-6-11-24-14-8-9-17(20)13(3)12-14;1-3-4-2;1-2/h4-5,7-9,12H,2,6,10-11,20H2,1,3H3;3-4H2,1-2H3;1-2H3/b7-4-;;. The Balaban J connectivity index is 0.00000125. The summed E-state index contributed by atoms with van der Waals surface area (Å²) < 4.78 is 5.65. The molecule has 30 heavy (non-hydrogen) atoms. The topological polar surface area (TPSA) is 72.6 Å². The number of anilines is 1. The first-order valence-corrected chi connectivity index (χ1v) is 10.8. The van der Waals surface area contributed by atoms with Crippen molar-refractivity contribution in [1.29, 1.82) is 0 Å². The molecule has 5 heteroatoms. The van der Waals surface area contributed by atoms with Crippen molar-refractivity contribution in [2.24, 2.45) is 0 Å². The average molecular weight is 415 g/mol. The van der Waals surface area contributed by atoms with E-state index in [0.29, 0.717) is 30.7 Å². The van der Waals surface area contributed by atoms with Crippen molar-refractivity contribution in [3.05, 3.63) is 59.7 Å². The Morgan fingerprint density at radius 1 is 1.10 bits per heavy atom. The van der Waals surface area contributed by atoms with Crippen LogP contribution in [0.5, 0.6) is 5.75 Å². The van der Waals surface area contributed by atoms with Crippen LogP contribution in [0.15, 0.2) is 54.2 Å². The molecule has 0 aliphatic carbocycles. The van der Waals surface area contributed by atoms with E-state index in [-0.39, 0.29) is 11.8 Å². The van der Waals surface area contributed by atoms with E-state index in [2.05, 4.69) is 20.4 Å². The summed E-state index contributed by atoms with van der Waals surface area (Å²) in [7, 11) is 0. The van der Waals surface area contributed by atoms with Crippen molar-refractivity contribution in [2.45, 2.75) is 60.8 Å². The van der Waals surface area contributed by atoms with Crippen LogP contribution >= 0.6 is 0 Å². The number of hydrogen-bond donors (Lipinski definition) is 1. The van der Waals surface area contributed by atoms with E-state index in [4.69, 9.17) is 10.5 Å². The Hall–Kier alpha value is -2.82. The fourth-order valence-corrected chi connectivity index (χ4v) is 2.49. The first-order chi connectivity index (χ1) is 14.4. The monoisotopic (exact) mass is 414 g/mol. The number of nitrogens with two attached hydrogens (primary N) is 1. The van der Waals surface area contributed by atoms with Gasteiger partial charge in [0.15, 0.2) is 0 Å². The maximum Gasteiger partial charge on any atom is 0.261 e. The Morgan fingerprint density at radius 3 is 2.20 bits per heavy atom. The fourth-order valence-electron chi connectivity index (χ4n) is 2.49. The zero-order chi connectivity index (χ0) is 23.1. The molecule has 2 amide bonds. The van der Waals surface area contributed by atoms with Gasteiger partial charge in [-0.15, -0.1) is 0 Å². The lowest BCUT2D eigenvalue weighted by molar-refractivity contribution is -0.137. The summed E-state index contributed by atoms with van der Waals surface area (Å²) in [5, 5.41) is 0. The molecule has 2 N–H and O–H groups in total. The van der Waals surface area contributed by atoms with Crippen molar-refractivity contribution in [2.75, 3.05) is 18.9 Å². The lowest BCUT2D eigenvalue weighted by atomic mass is 10.1. The van der Waals surface area contributed by atoms with Crippen LogP contribution in [-0.2, 0) is 9.59 Å². The molecule has 1 heterocycles. The minimum absolute atomic E-state index is 0.281. The largest absolute Gasteiger partial charge is 0.494 e. The second-order valence-corrected chi connectivity index (χ2v) is 6.51. The van der Waals surface area contributed by atoms with E-state index in [0.717, 1.165) is 17.0 Å². The number of amides is 2. The normalized spacial score (nSPS) is 13.1. The maximum absolute atomic E-state index is 12.3. The molecule has 0 radical (unpaired) electrons. The van der Waals surface area contributed by atoms with Gasteiger partial charge in [-0.25, -0.2) is 0 Å². The van der Waals surface area contributed by atoms with Crippen LogP contribution in [0.3, 0.4) is 0 Å². The molecular formula is C25H38N2O3. The number of carbonyl (C=O) groups is 2. The minimum atomic E-state index is -0.300. The van der Waals surface area contributed by atoms with Gasteiger partial charge in [-0.3, -0.25) is 14.5 Å². The number of nitrogen functional groups attached to an aromatic ring is 1. The highest BCUT2D eigenvalue weighted by Crippen LogP contribution is 2.23. The summed E-state index contributed by atoms with van der Waals surface area (Å²) in [6, 6.07) is 5.46. The number of unbranched alkanes of at least 4 members (excludes halogenated alkanes) is 1. The first kappa shape index (κ1) is 27.2. The molecule has 1 aromatic carbocycles. The van der Waals surface area contributed by atoms with Gasteiger partial charge >= 0.3 is 0 Å². The quantitative estimate of drug-likeness (QED) is 0.341. The summed E-state index contributed by atoms with van der Waals surface area (Å²) >= 11 is 0. The van der Waals surface area contributed by atoms with Gasteiger partial charge in [0.05, 0.1) is 17.8 Å². The number of imide groups is 1. The van der Waals surface area contributed by atoms with Crippen molar-refractivity contribution in [1.82, 2.24) is 4.90 Å². The van der Waals surface area contributed by atoms with Crippen LogP contribution in [-0.4, -0.2) is 29.9 Å². The maximum atomic E-state index is 12.3. The van der Waals surface area contributed by atoms with Crippen LogP contribution in [0.4, 0.5) is 5.69 Å². The number of hydrogen-bond acceptors (Lipinski definition) is 4. The molecule has 0 saturated heterocycles. The van der Waals surface area contributed by atoms with E-state index < -0.39 is 0 Å². The predicted octanol–water partition coefficient (Wildman–Crippen LogP) is 5.61. The molecule has 0 spiro atoms. The number of nitrogens with zero attached hydrogens (tertiary/aromatic N) is 1. The molecule has 0 atom stereocenters. The first-order valence-electron chi connectivity index (χ1n) is 10.8.